The van der Waals surface area contributed by atoms with E-state index in [2.05, 4.69) is 38.2 Å². The number of amides is 1. The summed E-state index contributed by atoms with van der Waals surface area (Å²) in [4.78, 5) is 31.6. The number of hydrazone groups is 1. The molecule has 1 aliphatic rings. The van der Waals surface area contributed by atoms with Crippen molar-refractivity contribution in [3.05, 3.63) is 46.6 Å². The zero-order valence-corrected chi connectivity index (χ0v) is 20.6. The SMILES string of the molecule is C=CN(CCC(NC)c1cncs1)N=C.CC(=O)N1CCc2c(nc(C)n2C)C1.CC=O. The zero-order valence-electron chi connectivity index (χ0n) is 19.7. The summed E-state index contributed by atoms with van der Waals surface area (Å²) in [6.07, 6.45) is 6.19. The number of carbonyl (C=O) groups excluding carboxylic acids is 2. The van der Waals surface area contributed by atoms with E-state index >= 15 is 0 Å². The van der Waals surface area contributed by atoms with Gasteiger partial charge in [0.05, 0.1) is 17.7 Å². The summed E-state index contributed by atoms with van der Waals surface area (Å²) < 4.78 is 2.12. The monoisotopic (exact) mass is 461 g/mol. The maximum absolute atomic E-state index is 11.2. The smallest absolute Gasteiger partial charge is 0.219 e. The van der Waals surface area contributed by atoms with Crippen molar-refractivity contribution in [2.45, 2.75) is 46.2 Å². The highest BCUT2D eigenvalue weighted by Crippen LogP contribution is 2.20. The summed E-state index contributed by atoms with van der Waals surface area (Å²) in [5, 5.41) is 8.80. The van der Waals surface area contributed by atoms with E-state index < -0.39 is 0 Å². The van der Waals surface area contributed by atoms with Crippen molar-refractivity contribution in [3.63, 3.8) is 0 Å². The van der Waals surface area contributed by atoms with Crippen LogP contribution in [0.25, 0.3) is 0 Å². The van der Waals surface area contributed by atoms with Gasteiger partial charge in [-0.2, -0.15) is 5.10 Å². The zero-order chi connectivity index (χ0) is 24.1. The van der Waals surface area contributed by atoms with Gasteiger partial charge < -0.3 is 19.6 Å². The summed E-state index contributed by atoms with van der Waals surface area (Å²) in [6, 6.07) is 0.321. The molecule has 3 heterocycles. The van der Waals surface area contributed by atoms with Gasteiger partial charge in [-0.05, 0) is 27.3 Å². The number of imidazole rings is 1. The van der Waals surface area contributed by atoms with E-state index in [4.69, 9.17) is 4.79 Å². The molecule has 1 atom stereocenters. The molecule has 1 unspecified atom stereocenters. The summed E-state index contributed by atoms with van der Waals surface area (Å²) in [5.74, 6) is 1.17. The van der Waals surface area contributed by atoms with Gasteiger partial charge in [0, 0.05) is 69.2 Å². The van der Waals surface area contributed by atoms with Crippen LogP contribution in [0.1, 0.15) is 48.4 Å². The molecule has 1 aliphatic heterocycles. The first kappa shape index (κ1) is 27.2. The molecular formula is C22H35N7O2S. The molecule has 0 radical (unpaired) electrons. The van der Waals surface area contributed by atoms with Gasteiger partial charge in [-0.25, -0.2) is 4.98 Å². The van der Waals surface area contributed by atoms with Crippen LogP contribution in [0.4, 0.5) is 0 Å². The van der Waals surface area contributed by atoms with Crippen LogP contribution in [0.15, 0.2) is 29.6 Å². The number of aldehydes is 1. The molecule has 2 aromatic heterocycles. The number of aromatic nitrogens is 3. The van der Waals surface area contributed by atoms with E-state index in [1.54, 1.807) is 29.5 Å². The van der Waals surface area contributed by atoms with Gasteiger partial charge in [-0.3, -0.25) is 14.8 Å². The lowest BCUT2D eigenvalue weighted by atomic mass is 10.1. The van der Waals surface area contributed by atoms with Crippen molar-refractivity contribution in [2.24, 2.45) is 12.1 Å². The lowest BCUT2D eigenvalue weighted by molar-refractivity contribution is -0.129. The second-order valence-electron chi connectivity index (χ2n) is 7.06. The van der Waals surface area contributed by atoms with Gasteiger partial charge in [0.25, 0.3) is 0 Å². The Morgan fingerprint density at radius 1 is 1.50 bits per heavy atom. The molecule has 0 aromatic carbocycles. The second-order valence-corrected chi connectivity index (χ2v) is 7.98. The van der Waals surface area contributed by atoms with Gasteiger partial charge in [0.2, 0.25) is 5.91 Å². The number of fused-ring (bicyclic) bond motifs is 1. The fourth-order valence-corrected chi connectivity index (χ4v) is 4.00. The Morgan fingerprint density at radius 3 is 2.69 bits per heavy atom. The quantitative estimate of drug-likeness (QED) is 0.387. The minimum absolute atomic E-state index is 0.138. The molecule has 176 valence electrons. The number of thiazole rings is 1. The maximum atomic E-state index is 11.2. The molecule has 0 saturated heterocycles. The van der Waals surface area contributed by atoms with E-state index in [0.29, 0.717) is 12.6 Å². The molecule has 3 rings (SSSR count). The van der Waals surface area contributed by atoms with Crippen molar-refractivity contribution in [1.82, 2.24) is 29.8 Å². The van der Waals surface area contributed by atoms with Crippen LogP contribution < -0.4 is 5.32 Å². The van der Waals surface area contributed by atoms with Crippen LogP contribution >= 0.6 is 11.3 Å². The predicted molar refractivity (Wildman–Crippen MR) is 129 cm³/mol. The van der Waals surface area contributed by atoms with Crippen LogP contribution in [0.5, 0.6) is 0 Å². The number of aryl methyl sites for hydroxylation is 1. The fraction of sp³-hybridized carbons (Fsp3) is 0.500. The number of nitrogens with zero attached hydrogens (tertiary/aromatic N) is 6. The summed E-state index contributed by atoms with van der Waals surface area (Å²) >= 11 is 1.66. The molecule has 2 aromatic rings. The number of hydrogen-bond donors (Lipinski definition) is 1. The van der Waals surface area contributed by atoms with Crippen LogP contribution in [0.2, 0.25) is 0 Å². The van der Waals surface area contributed by atoms with Crippen molar-refractivity contribution >= 4 is 30.2 Å². The molecule has 0 aliphatic carbocycles. The van der Waals surface area contributed by atoms with Gasteiger partial charge in [-0.1, -0.05) is 6.58 Å². The molecule has 10 heteroatoms. The molecule has 0 spiro atoms. The predicted octanol–water partition coefficient (Wildman–Crippen LogP) is 2.69. The summed E-state index contributed by atoms with van der Waals surface area (Å²) in [5.41, 5.74) is 4.18. The first-order valence-electron chi connectivity index (χ1n) is 10.4. The normalized spacial score (nSPS) is 12.8. The number of rotatable bonds is 7. The van der Waals surface area contributed by atoms with Crippen LogP contribution in [-0.2, 0) is 29.6 Å². The number of hydrogen-bond acceptors (Lipinski definition) is 8. The molecule has 0 bridgehead atoms. The Balaban J connectivity index is 0.000000286. The molecule has 1 N–H and O–H groups in total. The maximum Gasteiger partial charge on any atom is 0.219 e. The Labute approximate surface area is 194 Å². The molecular weight excluding hydrogens is 426 g/mol. The average molecular weight is 462 g/mol. The van der Waals surface area contributed by atoms with E-state index in [-0.39, 0.29) is 5.91 Å². The Hall–Kier alpha value is -2.85. The highest BCUT2D eigenvalue weighted by molar-refractivity contribution is 7.09. The first-order chi connectivity index (χ1) is 15.3. The number of nitrogens with one attached hydrogen (secondary N) is 1. The van der Waals surface area contributed by atoms with Gasteiger partial charge in [-0.15, -0.1) is 11.3 Å². The largest absolute Gasteiger partial charge is 0.337 e. The third-order valence-electron chi connectivity index (χ3n) is 5.11. The van der Waals surface area contributed by atoms with Crippen LogP contribution in [-0.4, -0.2) is 63.5 Å². The first-order valence-corrected chi connectivity index (χ1v) is 11.3. The van der Waals surface area contributed by atoms with Crippen molar-refractivity contribution in [2.75, 3.05) is 20.1 Å². The topological polar surface area (TPSA) is 95.7 Å². The summed E-state index contributed by atoms with van der Waals surface area (Å²) in [7, 11) is 3.98. The Bertz CT molecular complexity index is 856. The molecule has 0 saturated carbocycles. The van der Waals surface area contributed by atoms with E-state index in [0.717, 1.165) is 43.7 Å². The minimum Gasteiger partial charge on any atom is -0.337 e. The van der Waals surface area contributed by atoms with Gasteiger partial charge in [0.1, 0.15) is 12.1 Å². The van der Waals surface area contributed by atoms with Crippen molar-refractivity contribution < 1.29 is 9.59 Å². The molecule has 1 amide bonds. The van der Waals surface area contributed by atoms with Crippen molar-refractivity contribution in [3.8, 4) is 0 Å². The van der Waals surface area contributed by atoms with E-state index in [1.807, 2.05) is 37.6 Å². The molecule has 0 fully saturated rings. The average Bonchev–Trinajstić information content (AvgIpc) is 3.41. The molecule has 9 nitrogen and oxygen atoms in total. The van der Waals surface area contributed by atoms with Crippen molar-refractivity contribution in [1.29, 1.82) is 0 Å². The van der Waals surface area contributed by atoms with Crippen LogP contribution in [0, 0.1) is 6.92 Å². The van der Waals surface area contributed by atoms with Crippen LogP contribution in [0.3, 0.4) is 0 Å². The van der Waals surface area contributed by atoms with E-state index in [9.17, 15) is 4.79 Å². The lowest BCUT2D eigenvalue weighted by Gasteiger charge is -2.25. The third-order valence-corrected chi connectivity index (χ3v) is 6.00. The third kappa shape index (κ3) is 8.01. The minimum atomic E-state index is 0.138. The fourth-order valence-electron chi connectivity index (χ4n) is 3.24. The second kappa shape index (κ2) is 14.3. The highest BCUT2D eigenvalue weighted by atomic mass is 32.1. The summed E-state index contributed by atoms with van der Waals surface area (Å²) in [6.45, 7) is 14.5. The van der Waals surface area contributed by atoms with E-state index in [1.165, 1.54) is 17.5 Å². The lowest BCUT2D eigenvalue weighted by Crippen LogP contribution is -2.34. The van der Waals surface area contributed by atoms with Gasteiger partial charge in [0.15, 0.2) is 0 Å². The highest BCUT2D eigenvalue weighted by Gasteiger charge is 2.22. The standard InChI is InChI=1S/C10H16N4S.C10H15N3O.C2H4O/c1-4-14(12-3)6-5-9(11-2)10-7-13-8-15-10;1-7-11-9-6-13(8(2)14)5-4-10(9)12(7)3;1-2-3/h4,7-9,11H,1,3,5-6H2,2H3;4-6H2,1-3H3;2H,1H3. The Kier molecular flexibility index (Phi) is 12.1. The number of carbonyl (C=O) groups is 2. The Morgan fingerprint density at radius 2 is 2.19 bits per heavy atom. The van der Waals surface area contributed by atoms with Gasteiger partial charge >= 0.3 is 0 Å². The molecule has 32 heavy (non-hydrogen) atoms.